The Morgan fingerprint density at radius 1 is 1.15 bits per heavy atom. The molecule has 106 valence electrons. The van der Waals surface area contributed by atoms with E-state index in [0.717, 1.165) is 5.56 Å². The minimum atomic E-state index is -0.250. The number of hydrazine groups is 1. The average molecular weight is 315 g/mol. The van der Waals surface area contributed by atoms with Crippen LogP contribution in [0.5, 0.6) is 0 Å². The Kier molecular flexibility index (Phi) is 5.00. The molecule has 0 saturated heterocycles. The minimum Gasteiger partial charge on any atom is -0.368 e. The van der Waals surface area contributed by atoms with Crippen LogP contribution in [0.4, 0.5) is 16.0 Å². The summed E-state index contributed by atoms with van der Waals surface area (Å²) in [6.07, 6.45) is 0.643. The van der Waals surface area contributed by atoms with E-state index in [2.05, 4.69) is 15.7 Å². The maximum atomic E-state index is 13.0. The number of halogens is 3. The Labute approximate surface area is 126 Å². The highest BCUT2D eigenvalue weighted by Crippen LogP contribution is 2.28. The number of benzene rings is 1. The summed E-state index contributed by atoms with van der Waals surface area (Å²) in [7, 11) is 0. The van der Waals surface area contributed by atoms with Crippen molar-refractivity contribution in [2.24, 2.45) is 5.84 Å². The number of rotatable bonds is 5. The third kappa shape index (κ3) is 3.72. The van der Waals surface area contributed by atoms with Gasteiger partial charge in [0.05, 0.1) is 10.0 Å². The summed E-state index contributed by atoms with van der Waals surface area (Å²) in [5.41, 5.74) is 3.28. The van der Waals surface area contributed by atoms with Gasteiger partial charge in [-0.1, -0.05) is 35.3 Å². The Morgan fingerprint density at radius 2 is 1.90 bits per heavy atom. The first-order chi connectivity index (χ1) is 9.60. The van der Waals surface area contributed by atoms with Crippen molar-refractivity contribution in [3.8, 4) is 0 Å². The molecule has 4 N–H and O–H groups in total. The highest BCUT2D eigenvalue weighted by molar-refractivity contribution is 6.37. The Hall–Kier alpha value is -1.56. The molecule has 0 spiro atoms. The minimum absolute atomic E-state index is 0.250. The van der Waals surface area contributed by atoms with Crippen LogP contribution < -0.4 is 16.6 Å². The van der Waals surface area contributed by atoms with Crippen molar-refractivity contribution in [1.82, 2.24) is 4.98 Å². The van der Waals surface area contributed by atoms with Crippen LogP contribution in [0.2, 0.25) is 10.0 Å². The molecule has 0 unspecified atom stereocenters. The SMILES string of the molecule is NNc1nc(NCCc2cccc(F)c2)c(Cl)cc1Cl. The third-order valence-electron chi connectivity index (χ3n) is 2.66. The van der Waals surface area contributed by atoms with Gasteiger partial charge < -0.3 is 10.7 Å². The van der Waals surface area contributed by atoms with Crippen molar-refractivity contribution in [2.75, 3.05) is 17.3 Å². The molecule has 0 aliphatic rings. The third-order valence-corrected chi connectivity index (χ3v) is 3.24. The number of aromatic nitrogens is 1. The molecule has 0 bridgehead atoms. The van der Waals surface area contributed by atoms with E-state index in [4.69, 9.17) is 29.0 Å². The van der Waals surface area contributed by atoms with Crippen molar-refractivity contribution in [1.29, 1.82) is 0 Å². The standard InChI is InChI=1S/C13H13Cl2FN4/c14-10-7-11(15)13(20-17)19-12(10)18-5-4-8-2-1-3-9(16)6-8/h1-3,6-7H,4-5,17H2,(H2,18,19,20). The van der Waals surface area contributed by atoms with Gasteiger partial charge in [-0.25, -0.2) is 15.2 Å². The van der Waals surface area contributed by atoms with Crippen LogP contribution >= 0.6 is 23.2 Å². The quantitative estimate of drug-likeness (QED) is 0.584. The molecule has 1 heterocycles. The molecule has 2 aromatic rings. The van der Waals surface area contributed by atoms with Crippen LogP contribution in [0.1, 0.15) is 5.56 Å². The fourth-order valence-corrected chi connectivity index (χ4v) is 2.19. The zero-order chi connectivity index (χ0) is 14.5. The topological polar surface area (TPSA) is 63.0 Å². The Morgan fingerprint density at radius 3 is 2.60 bits per heavy atom. The van der Waals surface area contributed by atoms with E-state index >= 15 is 0 Å². The number of nitrogens with zero attached hydrogens (tertiary/aromatic N) is 1. The van der Waals surface area contributed by atoms with E-state index in [-0.39, 0.29) is 5.82 Å². The molecule has 7 heteroatoms. The lowest BCUT2D eigenvalue weighted by Gasteiger charge is -2.10. The van der Waals surface area contributed by atoms with Crippen LogP contribution in [0.3, 0.4) is 0 Å². The zero-order valence-corrected chi connectivity index (χ0v) is 12.0. The van der Waals surface area contributed by atoms with Gasteiger partial charge in [0.15, 0.2) is 5.82 Å². The van der Waals surface area contributed by atoms with E-state index < -0.39 is 0 Å². The van der Waals surface area contributed by atoms with E-state index in [1.165, 1.54) is 12.1 Å². The fraction of sp³-hybridized carbons (Fsp3) is 0.154. The smallest absolute Gasteiger partial charge is 0.161 e. The Balaban J connectivity index is 2.00. The van der Waals surface area contributed by atoms with Gasteiger partial charge in [0, 0.05) is 6.54 Å². The molecule has 2 rings (SSSR count). The van der Waals surface area contributed by atoms with E-state index in [1.54, 1.807) is 12.1 Å². The highest BCUT2D eigenvalue weighted by atomic mass is 35.5. The lowest BCUT2D eigenvalue weighted by atomic mass is 10.1. The number of hydrogen-bond donors (Lipinski definition) is 3. The van der Waals surface area contributed by atoms with Gasteiger partial charge in [0.25, 0.3) is 0 Å². The fourth-order valence-electron chi connectivity index (χ4n) is 1.71. The molecule has 1 aromatic carbocycles. The summed E-state index contributed by atoms with van der Waals surface area (Å²) < 4.78 is 13.0. The molecule has 0 aliphatic carbocycles. The summed E-state index contributed by atoms with van der Waals surface area (Å²) in [5.74, 6) is 5.86. The molecule has 0 saturated carbocycles. The van der Waals surface area contributed by atoms with Gasteiger partial charge in [-0.2, -0.15) is 0 Å². The van der Waals surface area contributed by atoms with Gasteiger partial charge in [0.2, 0.25) is 0 Å². The van der Waals surface area contributed by atoms with Crippen LogP contribution in [-0.2, 0) is 6.42 Å². The number of pyridine rings is 1. The largest absolute Gasteiger partial charge is 0.368 e. The predicted molar refractivity (Wildman–Crippen MR) is 80.7 cm³/mol. The number of nitrogens with two attached hydrogens (primary N) is 1. The van der Waals surface area contributed by atoms with Crippen molar-refractivity contribution >= 4 is 34.8 Å². The number of nitrogen functional groups attached to an aromatic ring is 1. The predicted octanol–water partition coefficient (Wildman–Crippen LogP) is 3.47. The first kappa shape index (κ1) is 14.8. The van der Waals surface area contributed by atoms with E-state index in [1.807, 2.05) is 6.07 Å². The molecule has 0 fully saturated rings. The molecule has 0 aliphatic heterocycles. The molecule has 20 heavy (non-hydrogen) atoms. The summed E-state index contributed by atoms with van der Waals surface area (Å²) in [6, 6.07) is 7.98. The summed E-state index contributed by atoms with van der Waals surface area (Å²) >= 11 is 11.9. The van der Waals surface area contributed by atoms with Crippen LogP contribution in [0, 0.1) is 5.82 Å². The summed E-state index contributed by atoms with van der Waals surface area (Å²) in [6.45, 7) is 0.557. The molecule has 0 atom stereocenters. The maximum Gasteiger partial charge on any atom is 0.161 e. The van der Waals surface area contributed by atoms with E-state index in [0.29, 0.717) is 34.6 Å². The second-order valence-electron chi connectivity index (χ2n) is 4.10. The first-order valence-corrected chi connectivity index (χ1v) is 6.66. The van der Waals surface area contributed by atoms with Crippen molar-refractivity contribution in [3.05, 3.63) is 51.8 Å². The second-order valence-corrected chi connectivity index (χ2v) is 4.91. The van der Waals surface area contributed by atoms with Crippen molar-refractivity contribution in [3.63, 3.8) is 0 Å². The van der Waals surface area contributed by atoms with Gasteiger partial charge in [0.1, 0.15) is 11.6 Å². The molecule has 0 amide bonds. The van der Waals surface area contributed by atoms with Crippen molar-refractivity contribution in [2.45, 2.75) is 6.42 Å². The average Bonchev–Trinajstić information content (AvgIpc) is 2.41. The monoisotopic (exact) mass is 314 g/mol. The van der Waals surface area contributed by atoms with E-state index in [9.17, 15) is 4.39 Å². The summed E-state index contributed by atoms with van der Waals surface area (Å²) in [4.78, 5) is 4.15. The number of anilines is 2. The van der Waals surface area contributed by atoms with Gasteiger partial charge in [-0.3, -0.25) is 0 Å². The molecule has 4 nitrogen and oxygen atoms in total. The summed E-state index contributed by atoms with van der Waals surface area (Å²) in [5, 5.41) is 3.80. The van der Waals surface area contributed by atoms with Gasteiger partial charge in [-0.15, -0.1) is 0 Å². The maximum absolute atomic E-state index is 13.0. The normalized spacial score (nSPS) is 10.4. The molecular weight excluding hydrogens is 302 g/mol. The molecular formula is C13H13Cl2FN4. The second kappa shape index (κ2) is 6.74. The zero-order valence-electron chi connectivity index (χ0n) is 10.5. The molecule has 1 aromatic heterocycles. The first-order valence-electron chi connectivity index (χ1n) is 5.91. The number of hydrogen-bond acceptors (Lipinski definition) is 4. The molecule has 0 radical (unpaired) electrons. The Bertz CT molecular complexity index is 607. The lowest BCUT2D eigenvalue weighted by Crippen LogP contribution is -2.12. The highest BCUT2D eigenvalue weighted by Gasteiger charge is 2.08. The van der Waals surface area contributed by atoms with Gasteiger partial charge in [-0.05, 0) is 30.2 Å². The number of nitrogens with one attached hydrogen (secondary N) is 2. The van der Waals surface area contributed by atoms with Gasteiger partial charge >= 0.3 is 0 Å². The van der Waals surface area contributed by atoms with Crippen molar-refractivity contribution < 1.29 is 4.39 Å². The van der Waals surface area contributed by atoms with Crippen LogP contribution in [-0.4, -0.2) is 11.5 Å². The lowest BCUT2D eigenvalue weighted by molar-refractivity contribution is 0.625. The van der Waals surface area contributed by atoms with Crippen LogP contribution in [0.25, 0.3) is 0 Å². The van der Waals surface area contributed by atoms with Crippen LogP contribution in [0.15, 0.2) is 30.3 Å².